The van der Waals surface area contributed by atoms with Gasteiger partial charge in [0.15, 0.2) is 10.3 Å². The molecule has 0 saturated carbocycles. The molecule has 0 atom stereocenters. The van der Waals surface area contributed by atoms with E-state index in [-0.39, 0.29) is 47.3 Å². The maximum Gasteiger partial charge on any atom is 0.270 e. The number of anilines is 2. The highest BCUT2D eigenvalue weighted by molar-refractivity contribution is 7.89. The summed E-state index contributed by atoms with van der Waals surface area (Å²) in [6.45, 7) is 2.49. The van der Waals surface area contributed by atoms with E-state index in [4.69, 9.17) is 23.2 Å². The number of nitro groups is 2. The lowest BCUT2D eigenvalue weighted by Crippen LogP contribution is -2.48. The number of nitro benzene ring substituents is 2. The van der Waals surface area contributed by atoms with E-state index in [0.29, 0.717) is 52.6 Å². The van der Waals surface area contributed by atoms with E-state index in [1.807, 2.05) is 15.2 Å². The minimum atomic E-state index is -3.87. The minimum Gasteiger partial charge on any atom is -0.345 e. The first-order chi connectivity index (χ1) is 29.5. The Morgan fingerprint density at radius 3 is 1.34 bits per heavy atom. The summed E-state index contributed by atoms with van der Waals surface area (Å²) in [6, 6.07) is 18.5. The van der Waals surface area contributed by atoms with Gasteiger partial charge in [-0.3, -0.25) is 20.2 Å². The van der Waals surface area contributed by atoms with Gasteiger partial charge in [-0.1, -0.05) is 35.3 Å². The number of sulfonamides is 2. The van der Waals surface area contributed by atoms with Gasteiger partial charge in [0.1, 0.15) is 11.6 Å². The van der Waals surface area contributed by atoms with Crippen LogP contribution >= 0.6 is 45.9 Å². The van der Waals surface area contributed by atoms with Crippen molar-refractivity contribution in [1.82, 2.24) is 18.6 Å². The van der Waals surface area contributed by atoms with Gasteiger partial charge in [0.25, 0.3) is 11.4 Å². The van der Waals surface area contributed by atoms with E-state index in [0.717, 1.165) is 34.6 Å². The van der Waals surface area contributed by atoms with Crippen molar-refractivity contribution in [3.8, 4) is 22.5 Å². The molecule has 8 rings (SSSR count). The molecule has 2 aliphatic rings. The molecular formula is C38H32Cl2F2N8O8S4. The normalized spacial score (nSPS) is 15.2. The van der Waals surface area contributed by atoms with Crippen molar-refractivity contribution in [3.05, 3.63) is 138 Å². The third kappa shape index (κ3) is 10.2. The quantitative estimate of drug-likeness (QED) is 0.0949. The van der Waals surface area contributed by atoms with Crippen LogP contribution in [0.1, 0.15) is 0 Å². The van der Waals surface area contributed by atoms with Gasteiger partial charge in [-0.2, -0.15) is 8.61 Å². The van der Waals surface area contributed by atoms with Gasteiger partial charge in [-0.15, -0.1) is 22.7 Å². The Hall–Kier alpha value is -5.20. The first-order valence-corrected chi connectivity index (χ1v) is 23.7. The van der Waals surface area contributed by atoms with Crippen LogP contribution in [-0.2, 0) is 20.0 Å². The van der Waals surface area contributed by atoms with E-state index >= 15 is 0 Å². The van der Waals surface area contributed by atoms with Crippen molar-refractivity contribution >= 4 is 87.6 Å². The molecule has 2 saturated heterocycles. The summed E-state index contributed by atoms with van der Waals surface area (Å²) in [6.07, 6.45) is 0. The molecule has 0 N–H and O–H groups in total. The molecule has 0 aliphatic carbocycles. The summed E-state index contributed by atoms with van der Waals surface area (Å²) in [7, 11) is -7.68. The number of hydrogen-bond acceptors (Lipinski definition) is 14. The van der Waals surface area contributed by atoms with E-state index in [1.54, 1.807) is 23.6 Å². The highest BCUT2D eigenvalue weighted by Gasteiger charge is 2.32. The lowest BCUT2D eigenvalue weighted by atomic mass is 10.1. The second-order valence-corrected chi connectivity index (χ2v) is 20.1. The summed E-state index contributed by atoms with van der Waals surface area (Å²) < 4.78 is 81.1. The highest BCUT2D eigenvalue weighted by Crippen LogP contribution is 2.33. The van der Waals surface area contributed by atoms with Crippen LogP contribution in [0.2, 0.25) is 10.0 Å². The van der Waals surface area contributed by atoms with Crippen molar-refractivity contribution in [1.29, 1.82) is 0 Å². The van der Waals surface area contributed by atoms with Crippen LogP contribution in [0.15, 0.2) is 105 Å². The fraction of sp³-hybridized carbons (Fsp3) is 0.211. The van der Waals surface area contributed by atoms with Crippen LogP contribution in [0.3, 0.4) is 0 Å². The monoisotopic (exact) mass is 964 g/mol. The Labute approximate surface area is 371 Å². The molecule has 2 aromatic heterocycles. The lowest BCUT2D eigenvalue weighted by molar-refractivity contribution is -0.385. The Balaban J connectivity index is 0.000000186. The Morgan fingerprint density at radius 1 is 0.565 bits per heavy atom. The molecule has 0 spiro atoms. The number of thiazole rings is 2. The summed E-state index contributed by atoms with van der Waals surface area (Å²) in [5.41, 5.74) is 1.78. The van der Waals surface area contributed by atoms with Crippen molar-refractivity contribution in [2.45, 2.75) is 9.79 Å². The molecule has 2 aliphatic heterocycles. The molecule has 2 fully saturated rings. The SMILES string of the molecule is O=[N+]([O-])c1cccc(S(=O)(=O)N2CCN(c3nc(-c4cc(Cl)cc(Cl)c4)cs3)CC2)c1.O=[N+]([O-])c1cccc(S(=O)(=O)N2CCN(c3nc(-c4cc(F)cc(F)c4)cs3)CC2)c1. The zero-order valence-corrected chi connectivity index (χ0v) is 36.7. The van der Waals surface area contributed by atoms with Crippen LogP contribution < -0.4 is 9.80 Å². The summed E-state index contributed by atoms with van der Waals surface area (Å²) in [4.78, 5) is 33.4. The van der Waals surface area contributed by atoms with Crippen molar-refractivity contribution in [2.75, 3.05) is 62.2 Å². The third-order valence-electron chi connectivity index (χ3n) is 9.65. The number of aromatic nitrogens is 2. The summed E-state index contributed by atoms with van der Waals surface area (Å²) in [5.74, 6) is -1.38. The number of piperazine rings is 2. The fourth-order valence-corrected chi connectivity index (χ4v) is 11.8. The van der Waals surface area contributed by atoms with E-state index in [9.17, 15) is 45.8 Å². The average Bonchev–Trinajstić information content (AvgIpc) is 3.95. The van der Waals surface area contributed by atoms with Gasteiger partial charge in [-0.25, -0.2) is 35.6 Å². The second kappa shape index (κ2) is 18.6. The predicted molar refractivity (Wildman–Crippen MR) is 233 cm³/mol. The number of halogens is 4. The fourth-order valence-electron chi connectivity index (χ4n) is 6.54. The van der Waals surface area contributed by atoms with E-state index < -0.39 is 41.5 Å². The molecule has 0 radical (unpaired) electrons. The summed E-state index contributed by atoms with van der Waals surface area (Å²) in [5, 5.41) is 27.9. The molecule has 16 nitrogen and oxygen atoms in total. The van der Waals surface area contributed by atoms with E-state index in [2.05, 4.69) is 9.97 Å². The smallest absolute Gasteiger partial charge is 0.270 e. The predicted octanol–water partition coefficient (Wildman–Crippen LogP) is 8.04. The molecule has 4 aromatic carbocycles. The standard InChI is InChI=1S/C19H16Cl2N4O4S2.C19H16F2N4O4S2/c2*20-14-8-13(9-15(21)10-14)18-12-30-19(22-18)23-4-6-24(7-5-23)31(28,29)17-3-1-2-16(11-17)25(26)27/h2*1-3,8-12H,4-7H2. The topological polar surface area (TPSA) is 193 Å². The number of benzene rings is 4. The Morgan fingerprint density at radius 2 is 0.952 bits per heavy atom. The van der Waals surface area contributed by atoms with Crippen LogP contribution in [0, 0.1) is 31.9 Å². The van der Waals surface area contributed by atoms with Crippen molar-refractivity contribution in [2.24, 2.45) is 0 Å². The van der Waals surface area contributed by atoms with Crippen LogP contribution in [0.25, 0.3) is 22.5 Å². The molecule has 0 amide bonds. The maximum atomic E-state index is 13.5. The zero-order chi connectivity index (χ0) is 44.3. The van der Waals surface area contributed by atoms with E-state index in [1.165, 1.54) is 79.8 Å². The minimum absolute atomic E-state index is 0.0791. The number of rotatable bonds is 10. The van der Waals surface area contributed by atoms with Crippen LogP contribution in [-0.4, -0.2) is 97.6 Å². The first kappa shape index (κ1) is 44.8. The first-order valence-electron chi connectivity index (χ1n) is 18.3. The van der Waals surface area contributed by atoms with Gasteiger partial charge < -0.3 is 9.80 Å². The van der Waals surface area contributed by atoms with Gasteiger partial charge in [0.2, 0.25) is 20.0 Å². The Kier molecular flexibility index (Phi) is 13.5. The van der Waals surface area contributed by atoms with Gasteiger partial charge in [-0.05, 0) is 42.5 Å². The van der Waals surface area contributed by atoms with Gasteiger partial charge >= 0.3 is 0 Å². The second-order valence-electron chi connectivity index (χ2n) is 13.6. The molecule has 4 heterocycles. The molecule has 324 valence electrons. The number of nitrogens with zero attached hydrogens (tertiary/aromatic N) is 8. The van der Waals surface area contributed by atoms with Crippen molar-refractivity contribution in [3.63, 3.8) is 0 Å². The molecule has 0 bridgehead atoms. The van der Waals surface area contributed by atoms with Gasteiger partial charge in [0.05, 0.1) is 31.0 Å². The highest BCUT2D eigenvalue weighted by atomic mass is 35.5. The van der Waals surface area contributed by atoms with Crippen LogP contribution in [0.5, 0.6) is 0 Å². The number of non-ortho nitro benzene ring substituents is 2. The largest absolute Gasteiger partial charge is 0.345 e. The summed E-state index contributed by atoms with van der Waals surface area (Å²) >= 11 is 14.9. The maximum absolute atomic E-state index is 13.5. The Bertz CT molecular complexity index is 2640. The zero-order valence-electron chi connectivity index (χ0n) is 31.9. The van der Waals surface area contributed by atoms with Crippen LogP contribution in [0.4, 0.5) is 30.4 Å². The molecular weight excluding hydrogens is 934 g/mol. The number of hydrogen-bond donors (Lipinski definition) is 0. The molecule has 62 heavy (non-hydrogen) atoms. The lowest BCUT2D eigenvalue weighted by Gasteiger charge is -2.33. The third-order valence-corrected chi connectivity index (χ3v) is 15.7. The average molecular weight is 966 g/mol. The van der Waals surface area contributed by atoms with Crippen molar-refractivity contribution < 1.29 is 35.5 Å². The molecule has 6 aromatic rings. The molecule has 24 heteroatoms. The molecule has 0 unspecified atom stereocenters. The van der Waals surface area contributed by atoms with Gasteiger partial charge in [0, 0.05) is 115 Å².